The molecule has 1 N–H and O–H groups in total. The van der Waals surface area contributed by atoms with Crippen LogP contribution in [0.2, 0.25) is 5.02 Å². The Labute approximate surface area is 228 Å². The second kappa shape index (κ2) is 10.1. The van der Waals surface area contributed by atoms with Gasteiger partial charge in [0.25, 0.3) is 5.91 Å². The lowest BCUT2D eigenvalue weighted by atomic mass is 9.74. The number of unbranched alkanes of at least 4 members (excludes halogenated alkanes) is 3. The van der Waals surface area contributed by atoms with E-state index in [0.717, 1.165) is 18.4 Å². The number of carbonyl (C=O) groups is 3. The van der Waals surface area contributed by atoms with Gasteiger partial charge in [0.2, 0.25) is 11.8 Å². The molecule has 38 heavy (non-hydrogen) atoms. The maximum Gasteiger partial charge on any atom is 0.253 e. The predicted molar refractivity (Wildman–Crippen MR) is 145 cm³/mol. The van der Waals surface area contributed by atoms with E-state index >= 15 is 0 Å². The molecule has 1 aromatic carbocycles. The normalized spacial score (nSPS) is 32.4. The molecule has 0 aromatic heterocycles. The fourth-order valence-electron chi connectivity index (χ4n) is 6.80. The van der Waals surface area contributed by atoms with Crippen LogP contribution in [0.15, 0.2) is 42.5 Å². The topological polar surface area (TPSA) is 90.4 Å². The van der Waals surface area contributed by atoms with Crippen LogP contribution in [-0.4, -0.2) is 83.2 Å². The van der Waals surface area contributed by atoms with Gasteiger partial charge < -0.3 is 24.5 Å². The number of halogens is 1. The number of likely N-dealkylation sites (N-methyl/N-ethyl adjacent to an activating group) is 1. The molecule has 1 spiro atoms. The molecule has 0 aliphatic carbocycles. The van der Waals surface area contributed by atoms with Gasteiger partial charge >= 0.3 is 0 Å². The molecule has 0 radical (unpaired) electrons. The minimum atomic E-state index is -1.28. The van der Waals surface area contributed by atoms with Gasteiger partial charge in [-0.15, -0.1) is 0 Å². The number of likely N-dealkylation sites (tertiary alicyclic amines) is 1. The highest BCUT2D eigenvalue weighted by atomic mass is 35.5. The van der Waals surface area contributed by atoms with Crippen LogP contribution in [0.4, 0.5) is 5.69 Å². The Bertz CT molecular complexity index is 1180. The number of hydrogen-bond donors (Lipinski definition) is 1. The molecule has 1 unspecified atom stereocenters. The number of benzene rings is 1. The summed E-state index contributed by atoms with van der Waals surface area (Å²) in [7, 11) is 1.73. The van der Waals surface area contributed by atoms with Crippen molar-refractivity contribution in [3.8, 4) is 0 Å². The predicted octanol–water partition coefficient (Wildman–Crippen LogP) is 3.10. The molecule has 3 amide bonds. The molecule has 4 heterocycles. The second-order valence-electron chi connectivity index (χ2n) is 11.0. The Hall–Kier alpha value is -2.68. The monoisotopic (exact) mass is 541 g/mol. The summed E-state index contributed by atoms with van der Waals surface area (Å²) >= 11 is 6.60. The minimum Gasteiger partial charge on any atom is -0.396 e. The Kier molecular flexibility index (Phi) is 7.18. The molecule has 5 rings (SSSR count). The zero-order chi connectivity index (χ0) is 27.2. The molecule has 4 aliphatic heterocycles. The molecular formula is C29H36ClN3O5. The van der Waals surface area contributed by atoms with Crippen LogP contribution >= 0.6 is 11.6 Å². The Morgan fingerprint density at radius 1 is 1.00 bits per heavy atom. The van der Waals surface area contributed by atoms with Crippen LogP contribution in [0.25, 0.3) is 0 Å². The lowest BCUT2D eigenvalue weighted by molar-refractivity contribution is -0.148. The van der Waals surface area contributed by atoms with Crippen molar-refractivity contribution in [2.75, 3.05) is 38.2 Å². The van der Waals surface area contributed by atoms with Crippen molar-refractivity contribution in [1.82, 2.24) is 9.80 Å². The van der Waals surface area contributed by atoms with Crippen LogP contribution in [0.1, 0.15) is 38.2 Å². The number of ether oxygens (including phenoxy) is 1. The zero-order valence-corrected chi connectivity index (χ0v) is 23.0. The highest BCUT2D eigenvalue weighted by Crippen LogP contribution is 2.57. The summed E-state index contributed by atoms with van der Waals surface area (Å²) in [6, 6.07) is 4.58. The highest BCUT2D eigenvalue weighted by Gasteiger charge is 2.74. The zero-order valence-electron chi connectivity index (χ0n) is 22.2. The fraction of sp³-hybridized carbons (Fsp3) is 0.552. The van der Waals surface area contributed by atoms with Crippen molar-refractivity contribution in [3.05, 3.63) is 53.1 Å². The quantitative estimate of drug-likeness (QED) is 0.423. The first-order valence-corrected chi connectivity index (χ1v) is 13.8. The summed E-state index contributed by atoms with van der Waals surface area (Å²) in [6.07, 6.45) is 10.5. The van der Waals surface area contributed by atoms with Crippen LogP contribution in [0, 0.1) is 18.8 Å². The van der Waals surface area contributed by atoms with Gasteiger partial charge in [-0.25, -0.2) is 0 Å². The summed E-state index contributed by atoms with van der Waals surface area (Å²) in [4.78, 5) is 47.3. The third-order valence-electron chi connectivity index (χ3n) is 8.52. The molecule has 5 atom stereocenters. The highest BCUT2D eigenvalue weighted by molar-refractivity contribution is 6.34. The summed E-state index contributed by atoms with van der Waals surface area (Å²) in [5.74, 6) is -2.20. The SMILES string of the molecule is Cc1cccc(Cl)c1N1CC=C[C@]23O[C@]4(C)C=CCN(C)C(=O)[C@@H]4[C@H]2C(=O)N(CCCCCCO)C3C1=O. The van der Waals surface area contributed by atoms with Gasteiger partial charge in [-0.2, -0.15) is 0 Å². The van der Waals surface area contributed by atoms with Gasteiger partial charge in [-0.05, 0) is 38.3 Å². The number of fused-ring (bicyclic) bond motifs is 2. The van der Waals surface area contributed by atoms with Crippen molar-refractivity contribution in [3.63, 3.8) is 0 Å². The van der Waals surface area contributed by atoms with Crippen molar-refractivity contribution in [2.24, 2.45) is 11.8 Å². The van der Waals surface area contributed by atoms with Crippen LogP contribution in [-0.2, 0) is 19.1 Å². The van der Waals surface area contributed by atoms with Crippen molar-refractivity contribution >= 4 is 35.0 Å². The first-order chi connectivity index (χ1) is 18.2. The first-order valence-electron chi connectivity index (χ1n) is 13.4. The number of aryl methyl sites for hydroxylation is 1. The average molecular weight is 542 g/mol. The van der Waals surface area contributed by atoms with Gasteiger partial charge in [0.05, 0.1) is 28.1 Å². The third kappa shape index (κ3) is 4.08. The van der Waals surface area contributed by atoms with E-state index in [1.54, 1.807) is 27.8 Å². The van der Waals surface area contributed by atoms with Crippen LogP contribution in [0.5, 0.6) is 0 Å². The molecule has 204 valence electrons. The number of aliphatic hydroxyl groups is 1. The van der Waals surface area contributed by atoms with E-state index in [4.69, 9.17) is 21.4 Å². The number of hydrogen-bond acceptors (Lipinski definition) is 5. The van der Waals surface area contributed by atoms with Gasteiger partial charge in [-0.1, -0.05) is 60.9 Å². The standard InChI is InChI=1S/C29H36ClN3O5/c1-19-11-8-12-20(30)23(19)32-17-10-14-29-22(21-25(35)31(3)15-9-13-28(21,2)38-29)26(36)33(24(29)27(32)37)16-6-4-5-7-18-34/h8-14,21-22,24,34H,4-7,15-18H2,1-3H3/t21-,22-,24?,28+,29-/m0/s1. The van der Waals surface area contributed by atoms with Crippen LogP contribution in [0.3, 0.4) is 0 Å². The van der Waals surface area contributed by atoms with E-state index in [1.165, 1.54) is 0 Å². The molecule has 0 saturated carbocycles. The lowest BCUT2D eigenvalue weighted by Gasteiger charge is -2.37. The van der Waals surface area contributed by atoms with E-state index in [2.05, 4.69) is 0 Å². The molecule has 4 aliphatic rings. The molecule has 2 fully saturated rings. The number of amides is 3. The van der Waals surface area contributed by atoms with Crippen molar-refractivity contribution in [2.45, 2.75) is 56.8 Å². The third-order valence-corrected chi connectivity index (χ3v) is 8.83. The molecule has 1 aromatic rings. The number of aliphatic hydroxyl groups excluding tert-OH is 1. The summed E-state index contributed by atoms with van der Waals surface area (Å²) in [5, 5.41) is 9.60. The van der Waals surface area contributed by atoms with Gasteiger partial charge in [0, 0.05) is 33.3 Å². The van der Waals surface area contributed by atoms with Gasteiger partial charge in [0.1, 0.15) is 11.6 Å². The van der Waals surface area contributed by atoms with Crippen molar-refractivity contribution < 1.29 is 24.2 Å². The average Bonchev–Trinajstić information content (AvgIpc) is 3.14. The summed E-state index contributed by atoms with van der Waals surface area (Å²) < 4.78 is 6.81. The number of carbonyl (C=O) groups excluding carboxylic acids is 3. The smallest absolute Gasteiger partial charge is 0.253 e. The van der Waals surface area contributed by atoms with E-state index in [9.17, 15) is 14.4 Å². The molecule has 0 bridgehead atoms. The number of rotatable bonds is 7. The summed E-state index contributed by atoms with van der Waals surface area (Å²) in [6.45, 7) is 4.97. The Morgan fingerprint density at radius 2 is 1.74 bits per heavy atom. The molecule has 8 nitrogen and oxygen atoms in total. The molecule has 9 heteroatoms. The minimum absolute atomic E-state index is 0.128. The largest absolute Gasteiger partial charge is 0.396 e. The number of para-hydroxylation sites is 1. The van der Waals surface area contributed by atoms with E-state index in [1.807, 2.05) is 50.3 Å². The van der Waals surface area contributed by atoms with Crippen LogP contribution < -0.4 is 4.90 Å². The maximum absolute atomic E-state index is 14.5. The van der Waals surface area contributed by atoms with E-state index in [-0.39, 0.29) is 30.9 Å². The molecular weight excluding hydrogens is 506 g/mol. The fourth-order valence-corrected chi connectivity index (χ4v) is 7.12. The van der Waals surface area contributed by atoms with Gasteiger partial charge in [-0.3, -0.25) is 14.4 Å². The Balaban J connectivity index is 1.60. The maximum atomic E-state index is 14.5. The number of anilines is 1. The van der Waals surface area contributed by atoms with E-state index < -0.39 is 29.1 Å². The first kappa shape index (κ1) is 26.9. The summed E-state index contributed by atoms with van der Waals surface area (Å²) in [5.41, 5.74) is -0.821. The second-order valence-corrected chi connectivity index (χ2v) is 11.5. The van der Waals surface area contributed by atoms with E-state index in [0.29, 0.717) is 36.6 Å². The lowest BCUT2D eigenvalue weighted by Crippen LogP contribution is -2.56. The number of nitrogens with zero attached hydrogens (tertiary/aromatic N) is 3. The van der Waals surface area contributed by atoms with Gasteiger partial charge in [0.15, 0.2) is 0 Å². The Morgan fingerprint density at radius 3 is 2.47 bits per heavy atom. The van der Waals surface area contributed by atoms with Crippen molar-refractivity contribution in [1.29, 1.82) is 0 Å². The molecule has 2 saturated heterocycles.